The van der Waals surface area contributed by atoms with Gasteiger partial charge < -0.3 is 10.2 Å². The van der Waals surface area contributed by atoms with Crippen LogP contribution in [-0.2, 0) is 32.6 Å². The molecule has 0 aliphatic heterocycles. The summed E-state index contributed by atoms with van der Waals surface area (Å²) in [6.45, 7) is 8.00. The minimum Gasteiger partial charge on any atom is -0.354 e. The van der Waals surface area contributed by atoms with Crippen LogP contribution in [0.5, 0.6) is 0 Å². The average molecular weight is 550 g/mol. The first kappa shape index (κ1) is 29.9. The minimum absolute atomic E-state index is 0.170. The zero-order valence-electron chi connectivity index (χ0n) is 23.4. The summed E-state index contributed by atoms with van der Waals surface area (Å²) in [6, 6.07) is 23.5. The molecule has 0 bridgehead atoms. The molecule has 0 spiro atoms. The molecule has 0 aliphatic carbocycles. The zero-order chi connectivity index (χ0) is 28.6. The summed E-state index contributed by atoms with van der Waals surface area (Å²) in [7, 11) is -3.79. The van der Waals surface area contributed by atoms with Crippen molar-refractivity contribution in [2.24, 2.45) is 5.92 Å². The fourth-order valence-corrected chi connectivity index (χ4v) is 5.29. The smallest absolute Gasteiger partial charge is 0.244 e. The lowest BCUT2D eigenvalue weighted by Gasteiger charge is -2.34. The van der Waals surface area contributed by atoms with E-state index in [9.17, 15) is 18.0 Å². The molecule has 3 aromatic carbocycles. The summed E-state index contributed by atoms with van der Waals surface area (Å²) in [5, 5.41) is 3.00. The summed E-state index contributed by atoms with van der Waals surface area (Å²) in [5.74, 6) is -0.488. The Morgan fingerprint density at radius 3 is 2.03 bits per heavy atom. The van der Waals surface area contributed by atoms with E-state index in [1.165, 1.54) is 4.90 Å². The van der Waals surface area contributed by atoms with E-state index in [2.05, 4.69) is 5.32 Å². The zero-order valence-corrected chi connectivity index (χ0v) is 24.2. The maximum absolute atomic E-state index is 14.1. The Bertz CT molecular complexity index is 1370. The standard InChI is InChI=1S/C31H39N3O4S/c1-23(2)20-32-31(36)29(19-26-15-7-6-8-16-26)33(21-27-17-11-9-13-24(27)3)30(35)22-34(39(5,37)38)28-18-12-10-14-25(28)4/h6-18,23,29H,19-22H2,1-5H3,(H,32,36)/t29-/m1/s1. The first-order chi connectivity index (χ1) is 18.5. The molecule has 0 saturated carbocycles. The highest BCUT2D eigenvalue weighted by atomic mass is 32.2. The Morgan fingerprint density at radius 1 is 0.846 bits per heavy atom. The predicted octanol–water partition coefficient (Wildman–Crippen LogP) is 4.48. The lowest BCUT2D eigenvalue weighted by molar-refractivity contribution is -0.140. The van der Waals surface area contributed by atoms with Crippen LogP contribution in [0, 0.1) is 19.8 Å². The first-order valence-electron chi connectivity index (χ1n) is 13.2. The third-order valence-corrected chi connectivity index (χ3v) is 7.75. The number of anilines is 1. The Labute approximate surface area is 232 Å². The van der Waals surface area contributed by atoms with Crippen molar-refractivity contribution in [1.29, 1.82) is 0 Å². The monoisotopic (exact) mass is 549 g/mol. The van der Waals surface area contributed by atoms with Crippen molar-refractivity contribution in [1.82, 2.24) is 10.2 Å². The second-order valence-electron chi connectivity index (χ2n) is 10.3. The second-order valence-corrected chi connectivity index (χ2v) is 12.3. The molecule has 0 radical (unpaired) electrons. The molecule has 39 heavy (non-hydrogen) atoms. The summed E-state index contributed by atoms with van der Waals surface area (Å²) < 4.78 is 26.9. The van der Waals surface area contributed by atoms with E-state index in [-0.39, 0.29) is 18.4 Å². The van der Waals surface area contributed by atoms with Gasteiger partial charge in [-0.05, 0) is 48.1 Å². The van der Waals surface area contributed by atoms with E-state index in [1.54, 1.807) is 25.1 Å². The van der Waals surface area contributed by atoms with Crippen LogP contribution >= 0.6 is 0 Å². The normalized spacial score (nSPS) is 12.2. The molecule has 3 aromatic rings. The van der Waals surface area contributed by atoms with Gasteiger partial charge in [0, 0.05) is 19.5 Å². The number of para-hydroxylation sites is 1. The Balaban J connectivity index is 2.06. The molecule has 0 heterocycles. The molecule has 0 fully saturated rings. The van der Waals surface area contributed by atoms with Gasteiger partial charge in [-0.25, -0.2) is 8.42 Å². The number of carbonyl (C=O) groups is 2. The minimum atomic E-state index is -3.79. The SMILES string of the molecule is Cc1ccccc1CN(C(=O)CN(c1ccccc1C)S(C)(=O)=O)[C@H](Cc1ccccc1)C(=O)NCC(C)C. The van der Waals surface area contributed by atoms with Crippen LogP contribution in [0.15, 0.2) is 78.9 Å². The lowest BCUT2D eigenvalue weighted by atomic mass is 10.0. The van der Waals surface area contributed by atoms with Crippen molar-refractivity contribution < 1.29 is 18.0 Å². The van der Waals surface area contributed by atoms with Crippen molar-refractivity contribution in [3.63, 3.8) is 0 Å². The highest BCUT2D eigenvalue weighted by Crippen LogP contribution is 2.24. The number of hydrogen-bond acceptors (Lipinski definition) is 4. The van der Waals surface area contributed by atoms with E-state index >= 15 is 0 Å². The van der Waals surface area contributed by atoms with E-state index in [0.717, 1.165) is 32.8 Å². The van der Waals surface area contributed by atoms with Crippen molar-refractivity contribution in [3.8, 4) is 0 Å². The van der Waals surface area contributed by atoms with Crippen LogP contribution < -0.4 is 9.62 Å². The lowest BCUT2D eigenvalue weighted by Crippen LogP contribution is -2.53. The van der Waals surface area contributed by atoms with E-state index in [0.29, 0.717) is 18.7 Å². The topological polar surface area (TPSA) is 86.8 Å². The van der Waals surface area contributed by atoms with E-state index < -0.39 is 28.5 Å². The van der Waals surface area contributed by atoms with E-state index in [4.69, 9.17) is 0 Å². The number of carbonyl (C=O) groups excluding carboxylic acids is 2. The summed E-state index contributed by atoms with van der Waals surface area (Å²) >= 11 is 0. The Morgan fingerprint density at radius 2 is 1.44 bits per heavy atom. The van der Waals surface area contributed by atoms with Gasteiger partial charge in [0.15, 0.2) is 0 Å². The number of benzene rings is 3. The number of aryl methyl sites for hydroxylation is 2. The number of nitrogens with zero attached hydrogens (tertiary/aromatic N) is 2. The highest BCUT2D eigenvalue weighted by Gasteiger charge is 2.33. The number of rotatable bonds is 12. The summed E-state index contributed by atoms with van der Waals surface area (Å²) in [6.07, 6.45) is 1.39. The van der Waals surface area contributed by atoms with Crippen LogP contribution in [0.4, 0.5) is 5.69 Å². The molecule has 2 amide bonds. The maximum atomic E-state index is 14.1. The van der Waals surface area contributed by atoms with Gasteiger partial charge >= 0.3 is 0 Å². The van der Waals surface area contributed by atoms with Crippen molar-refractivity contribution in [2.75, 3.05) is 23.7 Å². The third-order valence-electron chi connectivity index (χ3n) is 6.62. The average Bonchev–Trinajstić information content (AvgIpc) is 2.89. The van der Waals surface area contributed by atoms with Gasteiger partial charge in [0.25, 0.3) is 0 Å². The molecule has 0 aromatic heterocycles. The first-order valence-corrected chi connectivity index (χ1v) is 15.0. The van der Waals surface area contributed by atoms with Crippen LogP contribution in [0.2, 0.25) is 0 Å². The fourth-order valence-electron chi connectivity index (χ4n) is 4.39. The molecule has 208 valence electrons. The molecular weight excluding hydrogens is 510 g/mol. The summed E-state index contributed by atoms with van der Waals surface area (Å²) in [4.78, 5) is 29.3. The molecule has 8 heteroatoms. The van der Waals surface area contributed by atoms with Gasteiger partial charge in [-0.3, -0.25) is 13.9 Å². The maximum Gasteiger partial charge on any atom is 0.244 e. The van der Waals surface area contributed by atoms with Crippen molar-refractivity contribution in [3.05, 3.63) is 101 Å². The number of sulfonamides is 1. The predicted molar refractivity (Wildman–Crippen MR) is 157 cm³/mol. The van der Waals surface area contributed by atoms with Crippen LogP contribution in [0.3, 0.4) is 0 Å². The Kier molecular flexibility index (Phi) is 10.3. The second kappa shape index (κ2) is 13.4. The molecule has 7 nitrogen and oxygen atoms in total. The van der Waals surface area contributed by atoms with Crippen molar-refractivity contribution >= 4 is 27.5 Å². The molecule has 0 unspecified atom stereocenters. The van der Waals surface area contributed by atoms with Crippen molar-refractivity contribution in [2.45, 2.75) is 46.7 Å². The van der Waals surface area contributed by atoms with Crippen LogP contribution in [0.1, 0.15) is 36.1 Å². The van der Waals surface area contributed by atoms with Gasteiger partial charge in [0.05, 0.1) is 11.9 Å². The molecule has 3 rings (SSSR count). The van der Waals surface area contributed by atoms with Gasteiger partial charge in [0.1, 0.15) is 12.6 Å². The van der Waals surface area contributed by atoms with Crippen LogP contribution in [-0.4, -0.2) is 50.5 Å². The molecule has 0 saturated heterocycles. The Hall–Kier alpha value is -3.65. The van der Waals surface area contributed by atoms with Crippen LogP contribution in [0.25, 0.3) is 0 Å². The van der Waals surface area contributed by atoms with E-state index in [1.807, 2.05) is 81.4 Å². The van der Waals surface area contributed by atoms with Gasteiger partial charge in [0.2, 0.25) is 21.8 Å². The number of nitrogens with one attached hydrogen (secondary N) is 1. The van der Waals surface area contributed by atoms with Gasteiger partial charge in [-0.15, -0.1) is 0 Å². The molecule has 0 aliphatic rings. The summed E-state index contributed by atoms with van der Waals surface area (Å²) in [5.41, 5.74) is 3.95. The number of amides is 2. The molecule has 1 N–H and O–H groups in total. The fraction of sp³-hybridized carbons (Fsp3) is 0.355. The quantitative estimate of drug-likeness (QED) is 0.361. The highest BCUT2D eigenvalue weighted by molar-refractivity contribution is 7.92. The van der Waals surface area contributed by atoms with Gasteiger partial charge in [-0.1, -0.05) is 86.6 Å². The molecular formula is C31H39N3O4S. The largest absolute Gasteiger partial charge is 0.354 e. The number of hydrogen-bond donors (Lipinski definition) is 1. The third kappa shape index (κ3) is 8.42. The molecule has 1 atom stereocenters. The van der Waals surface area contributed by atoms with Gasteiger partial charge in [-0.2, -0.15) is 0 Å².